The fourth-order valence-electron chi connectivity index (χ4n) is 6.58. The number of pyridine rings is 1. The number of furan rings is 1. The van der Waals surface area contributed by atoms with E-state index in [9.17, 15) is 5.11 Å². The van der Waals surface area contributed by atoms with Gasteiger partial charge in [0.2, 0.25) is 0 Å². The molecule has 0 aliphatic heterocycles. The maximum Gasteiger partial charge on any atom is 0.180 e. The lowest BCUT2D eigenvalue weighted by Gasteiger charge is -2.26. The van der Waals surface area contributed by atoms with Crippen molar-refractivity contribution in [2.45, 2.75) is 0 Å². The second-order valence-corrected chi connectivity index (χ2v) is 12.3. The van der Waals surface area contributed by atoms with Crippen molar-refractivity contribution in [3.8, 4) is 50.6 Å². The van der Waals surface area contributed by atoms with Crippen LogP contribution in [-0.2, 0) is 0 Å². The number of phenols is 1. The predicted octanol–water partition coefficient (Wildman–Crippen LogP) is 11.6. The molecule has 6 heteroatoms. The summed E-state index contributed by atoms with van der Waals surface area (Å²) >= 11 is 0. The van der Waals surface area contributed by atoms with Crippen molar-refractivity contribution < 1.29 is 9.52 Å². The van der Waals surface area contributed by atoms with Crippen LogP contribution >= 0.6 is 0 Å². The summed E-state index contributed by atoms with van der Waals surface area (Å²) in [5, 5.41) is 11.8. The standard InChI is InChI=1S/C45H30N4O2/c50-39-19-9-7-17-37(39)45-47-42(44-43(48-45)38-18-8-10-20-40(38)51-44)34-27-33(31-15-5-2-6-16-31)28-36(29-34)49(41-21-11-12-26-46-41)35-24-22-32(23-25-35)30-13-3-1-4-14-30/h1-29,50H. The number of aromatic hydroxyl groups is 1. The summed E-state index contributed by atoms with van der Waals surface area (Å²) in [7, 11) is 0. The van der Waals surface area contributed by atoms with Gasteiger partial charge in [0.15, 0.2) is 11.4 Å². The predicted molar refractivity (Wildman–Crippen MR) is 205 cm³/mol. The summed E-state index contributed by atoms with van der Waals surface area (Å²) in [6.45, 7) is 0. The van der Waals surface area contributed by atoms with Crippen molar-refractivity contribution >= 4 is 39.3 Å². The van der Waals surface area contributed by atoms with E-state index >= 15 is 0 Å². The first-order valence-electron chi connectivity index (χ1n) is 16.7. The van der Waals surface area contributed by atoms with Gasteiger partial charge >= 0.3 is 0 Å². The van der Waals surface area contributed by atoms with E-state index < -0.39 is 0 Å². The SMILES string of the molecule is Oc1ccccc1-c1nc(-c2cc(-c3ccccc3)cc(N(c3ccc(-c4ccccc4)cc3)c3ccccn3)c2)c2oc3ccccc3c2n1. The van der Waals surface area contributed by atoms with Gasteiger partial charge in [0, 0.05) is 28.5 Å². The van der Waals surface area contributed by atoms with Gasteiger partial charge in [0.25, 0.3) is 0 Å². The Hall–Kier alpha value is -7.05. The minimum absolute atomic E-state index is 0.106. The number of hydrogen-bond donors (Lipinski definition) is 1. The molecule has 0 aliphatic rings. The highest BCUT2D eigenvalue weighted by Gasteiger charge is 2.22. The molecule has 0 atom stereocenters. The van der Waals surface area contributed by atoms with Gasteiger partial charge in [-0.25, -0.2) is 15.0 Å². The molecule has 0 amide bonds. The highest BCUT2D eigenvalue weighted by atomic mass is 16.3. The minimum Gasteiger partial charge on any atom is -0.507 e. The molecule has 6 aromatic carbocycles. The van der Waals surface area contributed by atoms with Crippen LogP contribution < -0.4 is 4.90 Å². The van der Waals surface area contributed by atoms with Crippen LogP contribution in [0.5, 0.6) is 5.75 Å². The fraction of sp³-hybridized carbons (Fsp3) is 0. The van der Waals surface area contributed by atoms with E-state index in [1.54, 1.807) is 12.1 Å². The molecule has 3 aromatic heterocycles. The van der Waals surface area contributed by atoms with Crippen LogP contribution in [0.2, 0.25) is 0 Å². The Balaban J connectivity index is 1.30. The third-order valence-corrected chi connectivity index (χ3v) is 9.03. The number of benzene rings is 6. The fourth-order valence-corrected chi connectivity index (χ4v) is 6.58. The van der Waals surface area contributed by atoms with Crippen molar-refractivity contribution in [3.63, 3.8) is 0 Å². The van der Waals surface area contributed by atoms with E-state index in [2.05, 4.69) is 83.8 Å². The number of aromatic nitrogens is 3. The summed E-state index contributed by atoms with van der Waals surface area (Å²) in [6, 6.07) is 56.6. The molecule has 9 rings (SSSR count). The zero-order chi connectivity index (χ0) is 34.1. The molecular formula is C45H30N4O2. The van der Waals surface area contributed by atoms with Crippen LogP contribution in [0.25, 0.3) is 67.0 Å². The summed E-state index contributed by atoms with van der Waals surface area (Å²) in [6.07, 6.45) is 1.81. The lowest BCUT2D eigenvalue weighted by atomic mass is 9.99. The Kier molecular flexibility index (Phi) is 7.52. The lowest BCUT2D eigenvalue weighted by molar-refractivity contribution is 0.477. The van der Waals surface area contributed by atoms with Gasteiger partial charge < -0.3 is 9.52 Å². The molecular weight excluding hydrogens is 629 g/mol. The molecule has 51 heavy (non-hydrogen) atoms. The molecule has 6 nitrogen and oxygen atoms in total. The van der Waals surface area contributed by atoms with Crippen molar-refractivity contribution in [3.05, 3.63) is 176 Å². The van der Waals surface area contributed by atoms with E-state index in [1.165, 1.54) is 0 Å². The second-order valence-electron chi connectivity index (χ2n) is 12.3. The van der Waals surface area contributed by atoms with Gasteiger partial charge in [-0.1, -0.05) is 103 Å². The maximum atomic E-state index is 10.9. The van der Waals surface area contributed by atoms with Crippen LogP contribution in [0.4, 0.5) is 17.2 Å². The smallest absolute Gasteiger partial charge is 0.180 e. The van der Waals surface area contributed by atoms with E-state index in [0.717, 1.165) is 50.4 Å². The Morgan fingerprint density at radius 3 is 1.90 bits per heavy atom. The second kappa shape index (κ2) is 12.8. The average Bonchev–Trinajstić information content (AvgIpc) is 3.58. The highest BCUT2D eigenvalue weighted by Crippen LogP contribution is 2.42. The van der Waals surface area contributed by atoms with E-state index in [1.807, 2.05) is 85.1 Å². The van der Waals surface area contributed by atoms with E-state index in [0.29, 0.717) is 33.8 Å². The molecule has 0 radical (unpaired) electrons. The molecule has 0 fully saturated rings. The zero-order valence-electron chi connectivity index (χ0n) is 27.4. The Labute approximate surface area is 294 Å². The number of nitrogens with zero attached hydrogens (tertiary/aromatic N) is 4. The zero-order valence-corrected chi connectivity index (χ0v) is 27.4. The normalized spacial score (nSPS) is 11.2. The van der Waals surface area contributed by atoms with Crippen LogP contribution in [0.1, 0.15) is 0 Å². The van der Waals surface area contributed by atoms with Crippen LogP contribution in [-0.4, -0.2) is 20.1 Å². The van der Waals surface area contributed by atoms with Crippen LogP contribution in [0, 0.1) is 0 Å². The molecule has 0 unspecified atom stereocenters. The third kappa shape index (κ3) is 5.65. The molecule has 0 saturated heterocycles. The molecule has 0 aliphatic carbocycles. The Morgan fingerprint density at radius 1 is 0.510 bits per heavy atom. The lowest BCUT2D eigenvalue weighted by Crippen LogP contribution is -2.11. The summed E-state index contributed by atoms with van der Waals surface area (Å²) in [5.74, 6) is 1.29. The van der Waals surface area contributed by atoms with E-state index in [-0.39, 0.29) is 5.75 Å². The first-order chi connectivity index (χ1) is 25.2. The molecule has 0 bridgehead atoms. The van der Waals surface area contributed by atoms with Gasteiger partial charge in [0.1, 0.15) is 28.4 Å². The Bertz CT molecular complexity index is 2640. The maximum absolute atomic E-state index is 10.9. The number of fused-ring (bicyclic) bond motifs is 3. The van der Waals surface area contributed by atoms with Gasteiger partial charge in [-0.2, -0.15) is 0 Å². The largest absolute Gasteiger partial charge is 0.507 e. The molecule has 9 aromatic rings. The van der Waals surface area contributed by atoms with Gasteiger partial charge in [-0.3, -0.25) is 4.90 Å². The van der Waals surface area contributed by atoms with Crippen molar-refractivity contribution in [2.24, 2.45) is 0 Å². The summed E-state index contributed by atoms with van der Waals surface area (Å²) < 4.78 is 6.52. The Morgan fingerprint density at radius 2 is 1.16 bits per heavy atom. The van der Waals surface area contributed by atoms with Gasteiger partial charge in [-0.05, 0) is 89.0 Å². The third-order valence-electron chi connectivity index (χ3n) is 9.03. The summed E-state index contributed by atoms with van der Waals surface area (Å²) in [5.41, 5.74) is 10.1. The molecule has 242 valence electrons. The molecule has 0 saturated carbocycles. The molecule has 1 N–H and O–H groups in total. The van der Waals surface area contributed by atoms with Gasteiger partial charge in [0.05, 0.1) is 5.56 Å². The number of hydrogen-bond acceptors (Lipinski definition) is 6. The highest BCUT2D eigenvalue weighted by molar-refractivity contribution is 6.07. The monoisotopic (exact) mass is 658 g/mol. The first kappa shape index (κ1) is 30.0. The minimum atomic E-state index is 0.106. The average molecular weight is 659 g/mol. The molecule has 0 spiro atoms. The summed E-state index contributed by atoms with van der Waals surface area (Å²) in [4.78, 5) is 17.1. The van der Waals surface area contributed by atoms with Crippen LogP contribution in [0.15, 0.2) is 180 Å². The number of anilines is 3. The molecule has 3 heterocycles. The number of phenolic OH excluding ortho intramolecular Hbond substituents is 1. The quantitative estimate of drug-likeness (QED) is 0.184. The van der Waals surface area contributed by atoms with E-state index in [4.69, 9.17) is 19.4 Å². The van der Waals surface area contributed by atoms with Gasteiger partial charge in [-0.15, -0.1) is 0 Å². The topological polar surface area (TPSA) is 75.3 Å². The van der Waals surface area contributed by atoms with Crippen molar-refractivity contribution in [1.82, 2.24) is 15.0 Å². The number of rotatable bonds is 7. The van der Waals surface area contributed by atoms with Crippen molar-refractivity contribution in [2.75, 3.05) is 4.90 Å². The number of para-hydroxylation sites is 2. The first-order valence-corrected chi connectivity index (χ1v) is 16.7. The van der Waals surface area contributed by atoms with Crippen LogP contribution in [0.3, 0.4) is 0 Å². The van der Waals surface area contributed by atoms with Crippen molar-refractivity contribution in [1.29, 1.82) is 0 Å².